The monoisotopic (exact) mass is 405 g/mol. The maximum absolute atomic E-state index is 12.3. The summed E-state index contributed by atoms with van der Waals surface area (Å²) in [5, 5.41) is 5.96. The van der Waals surface area contributed by atoms with Crippen molar-refractivity contribution in [2.45, 2.75) is 39.7 Å². The molecule has 0 radical (unpaired) electrons. The second-order valence-corrected chi connectivity index (χ2v) is 7.65. The molecule has 3 amide bonds. The van der Waals surface area contributed by atoms with Crippen LogP contribution in [0.15, 0.2) is 18.2 Å². The van der Waals surface area contributed by atoms with E-state index < -0.39 is 0 Å². The van der Waals surface area contributed by atoms with Crippen LogP contribution in [0, 0.1) is 13.8 Å². The highest BCUT2D eigenvalue weighted by atomic mass is 16.6. The Kier molecular flexibility index (Phi) is 8.45. The summed E-state index contributed by atoms with van der Waals surface area (Å²) in [5.74, 6) is -0.201. The number of carbonyl (C=O) groups is 3. The number of likely N-dealkylation sites (tertiary alicyclic amines) is 1. The summed E-state index contributed by atoms with van der Waals surface area (Å²) in [6.45, 7) is 7.64. The fourth-order valence-electron chi connectivity index (χ4n) is 3.51. The Morgan fingerprint density at radius 3 is 2.28 bits per heavy atom. The Morgan fingerprint density at radius 2 is 1.69 bits per heavy atom. The molecule has 1 unspecified atom stereocenters. The van der Waals surface area contributed by atoms with E-state index in [0.29, 0.717) is 32.5 Å². The second kappa shape index (κ2) is 10.8. The number of nitrogens with one attached hydrogen (secondary N) is 3. The van der Waals surface area contributed by atoms with Gasteiger partial charge in [0.2, 0.25) is 0 Å². The molecule has 0 bridgehead atoms. The number of anilines is 1. The fourth-order valence-corrected chi connectivity index (χ4v) is 3.51. The van der Waals surface area contributed by atoms with Crippen molar-refractivity contribution in [1.29, 1.82) is 0 Å². The van der Waals surface area contributed by atoms with E-state index >= 15 is 0 Å². The predicted molar refractivity (Wildman–Crippen MR) is 111 cm³/mol. The van der Waals surface area contributed by atoms with E-state index in [9.17, 15) is 14.4 Å². The summed E-state index contributed by atoms with van der Waals surface area (Å²) in [7, 11) is 1.83. The Balaban J connectivity index is 1.72. The van der Waals surface area contributed by atoms with Gasteiger partial charge in [-0.3, -0.25) is 9.59 Å². The Morgan fingerprint density at radius 1 is 1.10 bits per heavy atom. The van der Waals surface area contributed by atoms with Gasteiger partial charge in [-0.1, -0.05) is 18.2 Å². The normalized spacial score (nSPS) is 15.5. The number of rotatable bonds is 7. The van der Waals surface area contributed by atoms with Crippen LogP contribution in [0.2, 0.25) is 0 Å². The van der Waals surface area contributed by atoms with E-state index in [1.54, 1.807) is 11.8 Å². The van der Waals surface area contributed by atoms with Crippen LogP contribution in [0.3, 0.4) is 0 Å². The minimum atomic E-state index is -0.295. The summed E-state index contributed by atoms with van der Waals surface area (Å²) in [6, 6.07) is 5.92. The molecule has 3 N–H and O–H groups in total. The summed E-state index contributed by atoms with van der Waals surface area (Å²) in [4.78, 5) is 38.9. The van der Waals surface area contributed by atoms with E-state index in [1.165, 1.54) is 0 Å². The Bertz CT molecular complexity index is 709. The first kappa shape index (κ1) is 22.7. The van der Waals surface area contributed by atoms with Crippen molar-refractivity contribution in [3.8, 4) is 0 Å². The van der Waals surface area contributed by atoms with E-state index in [-0.39, 0.29) is 37.0 Å². The van der Waals surface area contributed by atoms with Crippen molar-refractivity contribution < 1.29 is 24.0 Å². The molecule has 1 atom stereocenters. The molecule has 1 aromatic carbocycles. The number of carbonyl (C=O) groups excluding carboxylic acids is 3. The fraction of sp³-hybridized carbons (Fsp3) is 0.571. The lowest BCUT2D eigenvalue weighted by molar-refractivity contribution is -0.862. The molecule has 1 aromatic rings. The first-order valence-electron chi connectivity index (χ1n) is 10.2. The number of aryl methyl sites for hydroxylation is 2. The number of para-hydroxylation sites is 1. The number of quaternary nitrogens is 1. The maximum atomic E-state index is 12.3. The lowest BCUT2D eigenvalue weighted by Gasteiger charge is -2.31. The van der Waals surface area contributed by atoms with Gasteiger partial charge in [-0.05, 0) is 44.7 Å². The minimum Gasteiger partial charge on any atom is -0.450 e. The third kappa shape index (κ3) is 7.05. The number of ether oxygens (including phenoxy) is 1. The van der Waals surface area contributed by atoms with Gasteiger partial charge in [0.05, 0.1) is 13.7 Å². The quantitative estimate of drug-likeness (QED) is 0.616. The summed E-state index contributed by atoms with van der Waals surface area (Å²) >= 11 is 0. The molecule has 0 spiro atoms. The standard InChI is InChI=1S/C21H32N4O4/c1-5-29-21(28)25-11-9-17(10-12-25)22-18(26)13-24(4)14-19(27)23-20-15(2)7-6-8-16(20)3/h6-8,17H,5,9-14H2,1-4H3,(H,22,26)(H,23,27)/p+1. The largest absolute Gasteiger partial charge is 0.450 e. The van der Waals surface area contributed by atoms with Gasteiger partial charge in [-0.2, -0.15) is 0 Å². The first-order chi connectivity index (χ1) is 13.8. The molecule has 2 rings (SSSR count). The molecule has 1 heterocycles. The van der Waals surface area contributed by atoms with Gasteiger partial charge < -0.3 is 25.2 Å². The summed E-state index contributed by atoms with van der Waals surface area (Å²) in [5.41, 5.74) is 2.87. The number of hydrogen-bond donors (Lipinski definition) is 3. The predicted octanol–water partition coefficient (Wildman–Crippen LogP) is 0.494. The molecule has 8 heteroatoms. The third-order valence-corrected chi connectivity index (χ3v) is 5.06. The van der Waals surface area contributed by atoms with Gasteiger partial charge in [0.15, 0.2) is 13.1 Å². The molecule has 0 aliphatic carbocycles. The highest BCUT2D eigenvalue weighted by Gasteiger charge is 2.25. The molecular formula is C21H33N4O4+. The van der Waals surface area contributed by atoms with Crippen molar-refractivity contribution in [2.75, 3.05) is 45.2 Å². The van der Waals surface area contributed by atoms with Crippen molar-refractivity contribution in [3.63, 3.8) is 0 Å². The molecular weight excluding hydrogens is 372 g/mol. The lowest BCUT2D eigenvalue weighted by Crippen LogP contribution is -3.11. The van der Waals surface area contributed by atoms with Crippen LogP contribution in [-0.2, 0) is 14.3 Å². The van der Waals surface area contributed by atoms with Crippen LogP contribution in [0.1, 0.15) is 30.9 Å². The number of piperidine rings is 1. The maximum Gasteiger partial charge on any atom is 0.409 e. The highest BCUT2D eigenvalue weighted by Crippen LogP contribution is 2.18. The number of nitrogens with zero attached hydrogens (tertiary/aromatic N) is 1. The average molecular weight is 406 g/mol. The molecule has 1 aliphatic rings. The van der Waals surface area contributed by atoms with Crippen molar-refractivity contribution >= 4 is 23.6 Å². The SMILES string of the molecule is CCOC(=O)N1CCC(NC(=O)C[NH+](C)CC(=O)Nc2c(C)cccc2C)CC1. The van der Waals surface area contributed by atoms with E-state index in [2.05, 4.69) is 10.6 Å². The van der Waals surface area contributed by atoms with Crippen LogP contribution < -0.4 is 15.5 Å². The van der Waals surface area contributed by atoms with Gasteiger partial charge in [0.25, 0.3) is 11.8 Å². The van der Waals surface area contributed by atoms with Crippen LogP contribution in [0.5, 0.6) is 0 Å². The molecule has 160 valence electrons. The third-order valence-electron chi connectivity index (χ3n) is 5.06. The number of benzene rings is 1. The lowest BCUT2D eigenvalue weighted by atomic mass is 10.1. The zero-order valence-corrected chi connectivity index (χ0v) is 17.8. The zero-order valence-electron chi connectivity index (χ0n) is 17.8. The molecule has 0 aromatic heterocycles. The number of hydrogen-bond acceptors (Lipinski definition) is 4. The molecule has 0 saturated carbocycles. The summed E-state index contributed by atoms with van der Waals surface area (Å²) in [6.07, 6.45) is 1.11. The Labute approximate surface area is 172 Å². The minimum absolute atomic E-state index is 0.0458. The van der Waals surface area contributed by atoms with Gasteiger partial charge in [-0.15, -0.1) is 0 Å². The van der Waals surface area contributed by atoms with E-state index in [1.807, 2.05) is 39.1 Å². The van der Waals surface area contributed by atoms with Crippen molar-refractivity contribution in [3.05, 3.63) is 29.3 Å². The highest BCUT2D eigenvalue weighted by molar-refractivity contribution is 5.93. The van der Waals surface area contributed by atoms with Crippen LogP contribution in [0.25, 0.3) is 0 Å². The van der Waals surface area contributed by atoms with Crippen LogP contribution in [-0.4, -0.2) is 68.7 Å². The summed E-state index contributed by atoms with van der Waals surface area (Å²) < 4.78 is 5.00. The number of likely N-dealkylation sites (N-methyl/N-ethyl adjacent to an activating group) is 1. The van der Waals surface area contributed by atoms with E-state index in [0.717, 1.165) is 21.7 Å². The van der Waals surface area contributed by atoms with Crippen molar-refractivity contribution in [2.24, 2.45) is 0 Å². The average Bonchev–Trinajstić information content (AvgIpc) is 2.65. The Hall–Kier alpha value is -2.61. The molecule has 29 heavy (non-hydrogen) atoms. The first-order valence-corrected chi connectivity index (χ1v) is 10.2. The van der Waals surface area contributed by atoms with Gasteiger partial charge in [0, 0.05) is 24.8 Å². The molecule has 1 fully saturated rings. The van der Waals surface area contributed by atoms with Crippen LogP contribution in [0.4, 0.5) is 10.5 Å². The van der Waals surface area contributed by atoms with Gasteiger partial charge >= 0.3 is 6.09 Å². The second-order valence-electron chi connectivity index (χ2n) is 7.65. The molecule has 1 saturated heterocycles. The smallest absolute Gasteiger partial charge is 0.409 e. The topological polar surface area (TPSA) is 92.2 Å². The van der Waals surface area contributed by atoms with Gasteiger partial charge in [0.1, 0.15) is 0 Å². The van der Waals surface area contributed by atoms with E-state index in [4.69, 9.17) is 4.74 Å². The number of amides is 3. The molecule has 8 nitrogen and oxygen atoms in total. The van der Waals surface area contributed by atoms with Crippen molar-refractivity contribution in [1.82, 2.24) is 10.2 Å². The molecule has 1 aliphatic heterocycles. The van der Waals surface area contributed by atoms with Gasteiger partial charge in [-0.25, -0.2) is 4.79 Å². The van der Waals surface area contributed by atoms with Crippen LogP contribution >= 0.6 is 0 Å². The zero-order chi connectivity index (χ0) is 21.4.